The van der Waals surface area contributed by atoms with Gasteiger partial charge in [0, 0.05) is 32.0 Å². The third-order valence-corrected chi connectivity index (χ3v) is 3.88. The van der Waals surface area contributed by atoms with Gasteiger partial charge >= 0.3 is 0 Å². The number of amides is 2. The highest BCUT2D eigenvalue weighted by atomic mass is 16.3. The molecule has 1 aliphatic rings. The summed E-state index contributed by atoms with van der Waals surface area (Å²) < 4.78 is 5.06. The second-order valence-corrected chi connectivity index (χ2v) is 5.54. The maximum absolute atomic E-state index is 12.4. The van der Waals surface area contributed by atoms with E-state index >= 15 is 0 Å². The minimum atomic E-state index is -0.229. The molecule has 3 heterocycles. The first kappa shape index (κ1) is 15.2. The predicted molar refractivity (Wildman–Crippen MR) is 81.7 cm³/mol. The maximum atomic E-state index is 12.4. The Bertz CT molecular complexity index is 657. The number of rotatable bonds is 4. The predicted octanol–water partition coefficient (Wildman–Crippen LogP) is 1.35. The van der Waals surface area contributed by atoms with Crippen molar-refractivity contribution in [3.8, 4) is 0 Å². The lowest BCUT2D eigenvalue weighted by molar-refractivity contribution is 0.0663. The average Bonchev–Trinajstić information content (AvgIpc) is 3.15. The van der Waals surface area contributed by atoms with Crippen LogP contribution in [0.1, 0.15) is 33.9 Å². The van der Waals surface area contributed by atoms with Gasteiger partial charge in [-0.2, -0.15) is 0 Å². The van der Waals surface area contributed by atoms with Crippen molar-refractivity contribution in [3.63, 3.8) is 0 Å². The van der Waals surface area contributed by atoms with Crippen molar-refractivity contribution in [2.24, 2.45) is 5.92 Å². The Balaban J connectivity index is 1.54. The topological polar surface area (TPSA) is 88.3 Å². The quantitative estimate of drug-likeness (QED) is 0.920. The minimum absolute atomic E-state index is 0.111. The number of furan rings is 1. The van der Waals surface area contributed by atoms with Gasteiger partial charge in [-0.25, -0.2) is 4.98 Å². The molecule has 0 aliphatic carbocycles. The molecule has 1 saturated heterocycles. The number of hydrogen-bond acceptors (Lipinski definition) is 5. The molecule has 1 fully saturated rings. The molecule has 0 bridgehead atoms. The second-order valence-electron chi connectivity index (χ2n) is 5.54. The maximum Gasteiger partial charge on any atom is 0.286 e. The molecule has 7 heteroatoms. The molecule has 1 aliphatic heterocycles. The SMILES string of the molecule is O=C(NC[C@H]1CCCN(C(=O)c2cnccn2)C1)c1ccco1. The highest BCUT2D eigenvalue weighted by molar-refractivity contribution is 5.92. The first-order valence-corrected chi connectivity index (χ1v) is 7.61. The third-order valence-electron chi connectivity index (χ3n) is 3.88. The van der Waals surface area contributed by atoms with Crippen LogP contribution in [0.5, 0.6) is 0 Å². The molecule has 7 nitrogen and oxygen atoms in total. The largest absolute Gasteiger partial charge is 0.459 e. The van der Waals surface area contributed by atoms with Crippen molar-refractivity contribution in [1.82, 2.24) is 20.2 Å². The molecule has 120 valence electrons. The van der Waals surface area contributed by atoms with Gasteiger partial charge in [0.05, 0.1) is 12.5 Å². The molecule has 0 spiro atoms. The smallest absolute Gasteiger partial charge is 0.286 e. The Labute approximate surface area is 133 Å². The minimum Gasteiger partial charge on any atom is -0.459 e. The van der Waals surface area contributed by atoms with Crippen molar-refractivity contribution >= 4 is 11.8 Å². The van der Waals surface area contributed by atoms with Crippen molar-refractivity contribution in [2.45, 2.75) is 12.8 Å². The average molecular weight is 314 g/mol. The van der Waals surface area contributed by atoms with Gasteiger partial charge in [0.2, 0.25) is 0 Å². The van der Waals surface area contributed by atoms with Crippen LogP contribution >= 0.6 is 0 Å². The molecule has 1 atom stereocenters. The van der Waals surface area contributed by atoms with Crippen LogP contribution in [-0.2, 0) is 0 Å². The Hall–Kier alpha value is -2.70. The van der Waals surface area contributed by atoms with Gasteiger partial charge in [-0.1, -0.05) is 0 Å². The Morgan fingerprint density at radius 2 is 2.30 bits per heavy atom. The van der Waals surface area contributed by atoms with E-state index < -0.39 is 0 Å². The second kappa shape index (κ2) is 7.04. The first-order chi connectivity index (χ1) is 11.2. The van der Waals surface area contributed by atoms with E-state index in [-0.39, 0.29) is 17.7 Å². The van der Waals surface area contributed by atoms with Gasteiger partial charge in [-0.15, -0.1) is 0 Å². The highest BCUT2D eigenvalue weighted by Crippen LogP contribution is 2.17. The molecule has 23 heavy (non-hydrogen) atoms. The lowest BCUT2D eigenvalue weighted by atomic mass is 9.97. The molecule has 0 saturated carbocycles. The zero-order chi connectivity index (χ0) is 16.1. The van der Waals surface area contributed by atoms with Crippen LogP contribution in [0.15, 0.2) is 41.4 Å². The molecule has 3 rings (SSSR count). The van der Waals surface area contributed by atoms with Crippen LogP contribution < -0.4 is 5.32 Å². The summed E-state index contributed by atoms with van der Waals surface area (Å²) in [4.78, 5) is 34.0. The number of nitrogens with zero attached hydrogens (tertiary/aromatic N) is 3. The van der Waals surface area contributed by atoms with E-state index in [1.807, 2.05) is 0 Å². The summed E-state index contributed by atoms with van der Waals surface area (Å²) in [6, 6.07) is 3.30. The molecule has 0 unspecified atom stereocenters. The van der Waals surface area contributed by atoms with Gasteiger partial charge in [-0.3, -0.25) is 14.6 Å². The van der Waals surface area contributed by atoms with E-state index in [9.17, 15) is 9.59 Å². The number of carbonyl (C=O) groups is 2. The number of hydrogen-bond donors (Lipinski definition) is 1. The summed E-state index contributed by atoms with van der Waals surface area (Å²) in [5, 5.41) is 2.86. The first-order valence-electron chi connectivity index (χ1n) is 7.61. The van der Waals surface area contributed by atoms with E-state index in [4.69, 9.17) is 4.42 Å². The van der Waals surface area contributed by atoms with Crippen LogP contribution in [0.4, 0.5) is 0 Å². The van der Waals surface area contributed by atoms with Crippen molar-refractivity contribution in [1.29, 1.82) is 0 Å². The Morgan fingerprint density at radius 1 is 1.39 bits per heavy atom. The van der Waals surface area contributed by atoms with Crippen molar-refractivity contribution in [3.05, 3.63) is 48.4 Å². The lowest BCUT2D eigenvalue weighted by Crippen LogP contribution is -2.44. The number of likely N-dealkylation sites (tertiary alicyclic amines) is 1. The van der Waals surface area contributed by atoms with Crippen molar-refractivity contribution < 1.29 is 14.0 Å². The molecular formula is C16H18N4O3. The molecule has 2 amide bonds. The fraction of sp³-hybridized carbons (Fsp3) is 0.375. The van der Waals surface area contributed by atoms with E-state index in [1.54, 1.807) is 23.2 Å². The highest BCUT2D eigenvalue weighted by Gasteiger charge is 2.25. The van der Waals surface area contributed by atoms with E-state index in [2.05, 4.69) is 15.3 Å². The fourth-order valence-electron chi connectivity index (χ4n) is 2.72. The number of nitrogens with one attached hydrogen (secondary N) is 1. The lowest BCUT2D eigenvalue weighted by Gasteiger charge is -2.32. The van der Waals surface area contributed by atoms with Crippen LogP contribution in [0.3, 0.4) is 0 Å². The third kappa shape index (κ3) is 3.74. The summed E-state index contributed by atoms with van der Waals surface area (Å²) in [6.45, 7) is 1.83. The molecule has 2 aromatic rings. The molecule has 1 N–H and O–H groups in total. The normalized spacial score (nSPS) is 17.7. The van der Waals surface area contributed by atoms with Gasteiger partial charge < -0.3 is 14.6 Å². The van der Waals surface area contributed by atoms with Crippen molar-refractivity contribution in [2.75, 3.05) is 19.6 Å². The summed E-state index contributed by atoms with van der Waals surface area (Å²) in [5.74, 6) is 0.184. The van der Waals surface area contributed by atoms with E-state index in [0.717, 1.165) is 12.8 Å². The molecular weight excluding hydrogens is 296 g/mol. The van der Waals surface area contributed by atoms with E-state index in [0.29, 0.717) is 31.1 Å². The summed E-state index contributed by atoms with van der Waals surface area (Å²) in [5.41, 5.74) is 0.354. The van der Waals surface area contributed by atoms with Gasteiger partial charge in [0.25, 0.3) is 11.8 Å². The molecule has 0 radical (unpaired) electrons. The number of carbonyl (C=O) groups excluding carboxylic acids is 2. The van der Waals surface area contributed by atoms with Gasteiger partial charge in [-0.05, 0) is 30.9 Å². The van der Waals surface area contributed by atoms with Crippen LogP contribution in [0.2, 0.25) is 0 Å². The summed E-state index contributed by atoms with van der Waals surface area (Å²) >= 11 is 0. The van der Waals surface area contributed by atoms with Gasteiger partial charge in [0.1, 0.15) is 5.69 Å². The number of aromatic nitrogens is 2. The Morgan fingerprint density at radius 3 is 3.04 bits per heavy atom. The van der Waals surface area contributed by atoms with E-state index in [1.165, 1.54) is 18.7 Å². The van der Waals surface area contributed by atoms with Gasteiger partial charge in [0.15, 0.2) is 5.76 Å². The van der Waals surface area contributed by atoms with Crippen LogP contribution in [-0.4, -0.2) is 46.3 Å². The fourth-order valence-corrected chi connectivity index (χ4v) is 2.72. The zero-order valence-corrected chi connectivity index (χ0v) is 12.6. The Kier molecular flexibility index (Phi) is 4.65. The molecule has 2 aromatic heterocycles. The monoisotopic (exact) mass is 314 g/mol. The van der Waals surface area contributed by atoms with Crippen LogP contribution in [0, 0.1) is 5.92 Å². The summed E-state index contributed by atoms with van der Waals surface area (Å²) in [7, 11) is 0. The standard InChI is InChI=1S/C16H18N4O3/c21-15(14-4-2-8-23-14)19-9-12-3-1-7-20(11-12)16(22)13-10-17-5-6-18-13/h2,4-6,8,10,12H,1,3,7,9,11H2,(H,19,21)/t12-/m1/s1. The molecule has 0 aromatic carbocycles. The number of piperidine rings is 1. The zero-order valence-electron chi connectivity index (χ0n) is 12.6. The summed E-state index contributed by atoms with van der Waals surface area (Å²) in [6.07, 6.45) is 7.88. The van der Waals surface area contributed by atoms with Crippen LogP contribution in [0.25, 0.3) is 0 Å².